The number of fused-ring (bicyclic) bond motifs is 3. The quantitative estimate of drug-likeness (QED) is 0.607. The van der Waals surface area contributed by atoms with Gasteiger partial charge in [0.2, 0.25) is 0 Å². The van der Waals surface area contributed by atoms with E-state index in [1.807, 2.05) is 30.3 Å². The fourth-order valence-corrected chi connectivity index (χ4v) is 5.57. The van der Waals surface area contributed by atoms with E-state index in [9.17, 15) is 4.79 Å². The molecule has 1 N–H and O–H groups in total. The summed E-state index contributed by atoms with van der Waals surface area (Å²) in [6, 6.07) is 10.0. The lowest BCUT2D eigenvalue weighted by molar-refractivity contribution is 0.218. The number of aryl methyl sites for hydroxylation is 1. The first-order valence-electron chi connectivity index (χ1n) is 9.16. The minimum absolute atomic E-state index is 0.0549. The molecule has 5 heteroatoms. The van der Waals surface area contributed by atoms with E-state index in [2.05, 4.69) is 25.8 Å². The van der Waals surface area contributed by atoms with Gasteiger partial charge in [-0.3, -0.25) is 9.36 Å². The summed E-state index contributed by atoms with van der Waals surface area (Å²) in [6.45, 7) is 7.46. The van der Waals surface area contributed by atoms with Crippen molar-refractivity contribution in [2.24, 2.45) is 11.3 Å². The zero-order valence-electron chi connectivity index (χ0n) is 15.5. The zero-order chi connectivity index (χ0) is 18.5. The number of thiophene rings is 1. The van der Waals surface area contributed by atoms with Gasteiger partial charge in [-0.25, -0.2) is 0 Å². The Morgan fingerprint density at radius 2 is 2.00 bits per heavy atom. The third kappa shape index (κ3) is 3.08. The van der Waals surface area contributed by atoms with Gasteiger partial charge in [0, 0.05) is 4.88 Å². The number of aromatic nitrogens is 2. The Bertz CT molecular complexity index is 1070. The van der Waals surface area contributed by atoms with E-state index in [0.29, 0.717) is 22.6 Å². The summed E-state index contributed by atoms with van der Waals surface area (Å²) in [5.74, 6) is 0.664. The standard InChI is InChI=1S/C21H24N2OS2/c1-21(2,3)14-9-10-15-16(11-14)26-18-17(15)19(24)23(20(25)22-18)12-13-7-5-4-6-8-13/h4-8,14H,9-12H2,1-3H3,(H,22,25). The maximum Gasteiger partial charge on any atom is 0.263 e. The SMILES string of the molecule is CC(C)(C)C1CCc2c(sc3[nH]c(=S)n(Cc4ccccc4)c(=O)c23)C1. The minimum atomic E-state index is 0.0549. The van der Waals surface area contributed by atoms with Gasteiger partial charge in [-0.15, -0.1) is 11.3 Å². The average Bonchev–Trinajstić information content (AvgIpc) is 2.96. The van der Waals surface area contributed by atoms with Crippen molar-refractivity contribution in [2.45, 2.75) is 46.6 Å². The molecule has 0 spiro atoms. The number of nitrogens with zero attached hydrogens (tertiary/aromatic N) is 1. The smallest absolute Gasteiger partial charge is 0.263 e. The lowest BCUT2D eigenvalue weighted by Crippen LogP contribution is -2.27. The molecule has 0 bridgehead atoms. The number of rotatable bonds is 2. The highest BCUT2D eigenvalue weighted by atomic mass is 32.1. The number of nitrogens with one attached hydrogen (secondary N) is 1. The molecule has 0 amide bonds. The molecule has 0 saturated carbocycles. The lowest BCUT2D eigenvalue weighted by Gasteiger charge is -2.33. The summed E-state index contributed by atoms with van der Waals surface area (Å²) < 4.78 is 2.22. The van der Waals surface area contributed by atoms with Crippen molar-refractivity contribution in [1.82, 2.24) is 9.55 Å². The summed E-state index contributed by atoms with van der Waals surface area (Å²) in [5, 5.41) is 0.863. The summed E-state index contributed by atoms with van der Waals surface area (Å²) in [4.78, 5) is 18.9. The second-order valence-electron chi connectivity index (χ2n) is 8.32. The molecule has 3 aromatic rings. The number of aromatic amines is 1. The second kappa shape index (κ2) is 6.46. The summed E-state index contributed by atoms with van der Waals surface area (Å²) in [6.07, 6.45) is 3.20. The Morgan fingerprint density at radius 1 is 1.27 bits per heavy atom. The molecule has 136 valence electrons. The summed E-state index contributed by atoms with van der Waals surface area (Å²) in [5.41, 5.74) is 2.70. The normalized spacial score (nSPS) is 17.4. The van der Waals surface area contributed by atoms with Gasteiger partial charge in [0.25, 0.3) is 5.56 Å². The van der Waals surface area contributed by atoms with Crippen LogP contribution in [-0.2, 0) is 19.4 Å². The van der Waals surface area contributed by atoms with Crippen LogP contribution in [0, 0.1) is 16.1 Å². The number of H-pyrrole nitrogens is 1. The average molecular weight is 385 g/mol. The molecule has 2 aromatic heterocycles. The maximum atomic E-state index is 13.2. The van der Waals surface area contributed by atoms with Crippen LogP contribution in [0.15, 0.2) is 35.1 Å². The molecule has 26 heavy (non-hydrogen) atoms. The molecule has 1 atom stereocenters. The minimum Gasteiger partial charge on any atom is -0.323 e. The van der Waals surface area contributed by atoms with E-state index in [-0.39, 0.29) is 5.56 Å². The van der Waals surface area contributed by atoms with Crippen LogP contribution in [-0.4, -0.2) is 9.55 Å². The van der Waals surface area contributed by atoms with Gasteiger partial charge in [-0.2, -0.15) is 0 Å². The molecule has 1 aliphatic carbocycles. The zero-order valence-corrected chi connectivity index (χ0v) is 17.1. The Labute approximate surface area is 162 Å². The maximum absolute atomic E-state index is 13.2. The van der Waals surface area contributed by atoms with E-state index >= 15 is 0 Å². The molecule has 0 fully saturated rings. The first-order valence-corrected chi connectivity index (χ1v) is 10.4. The highest BCUT2D eigenvalue weighted by Gasteiger charge is 2.31. The molecule has 1 aromatic carbocycles. The lowest BCUT2D eigenvalue weighted by atomic mass is 9.72. The summed E-state index contributed by atoms with van der Waals surface area (Å²) >= 11 is 7.23. The molecule has 1 unspecified atom stereocenters. The van der Waals surface area contributed by atoms with Crippen LogP contribution in [0.3, 0.4) is 0 Å². The second-order valence-corrected chi connectivity index (χ2v) is 9.81. The van der Waals surface area contributed by atoms with Gasteiger partial charge in [-0.1, -0.05) is 51.1 Å². The van der Waals surface area contributed by atoms with Gasteiger partial charge in [0.15, 0.2) is 4.77 Å². The molecule has 3 nitrogen and oxygen atoms in total. The number of benzene rings is 1. The van der Waals surface area contributed by atoms with Crippen molar-refractivity contribution in [3.63, 3.8) is 0 Å². The van der Waals surface area contributed by atoms with Gasteiger partial charge >= 0.3 is 0 Å². The predicted octanol–water partition coefficient (Wildman–Crippen LogP) is 5.32. The van der Waals surface area contributed by atoms with Crippen LogP contribution in [0.2, 0.25) is 0 Å². The highest BCUT2D eigenvalue weighted by molar-refractivity contribution is 7.71. The van der Waals surface area contributed by atoms with Gasteiger partial charge in [0.05, 0.1) is 11.9 Å². The molecule has 0 saturated heterocycles. The first kappa shape index (κ1) is 17.7. The first-order chi connectivity index (χ1) is 12.3. The van der Waals surface area contributed by atoms with Crippen molar-refractivity contribution in [3.05, 3.63) is 61.5 Å². The molecule has 0 aliphatic heterocycles. The van der Waals surface area contributed by atoms with E-state index < -0.39 is 0 Å². The van der Waals surface area contributed by atoms with Crippen molar-refractivity contribution >= 4 is 33.8 Å². The fraction of sp³-hybridized carbons (Fsp3) is 0.429. The van der Waals surface area contributed by atoms with Crippen LogP contribution >= 0.6 is 23.6 Å². The molecule has 1 aliphatic rings. The van der Waals surface area contributed by atoms with E-state index in [0.717, 1.165) is 35.0 Å². The van der Waals surface area contributed by atoms with Crippen molar-refractivity contribution < 1.29 is 0 Å². The van der Waals surface area contributed by atoms with Crippen LogP contribution in [0.25, 0.3) is 10.2 Å². The molecular weight excluding hydrogens is 360 g/mol. The Morgan fingerprint density at radius 3 is 2.69 bits per heavy atom. The molecule has 2 heterocycles. The topological polar surface area (TPSA) is 37.8 Å². The van der Waals surface area contributed by atoms with Gasteiger partial charge in [0.1, 0.15) is 4.83 Å². The molecule has 0 radical (unpaired) electrons. The predicted molar refractivity (Wildman–Crippen MR) is 112 cm³/mol. The van der Waals surface area contributed by atoms with Gasteiger partial charge < -0.3 is 4.98 Å². The Balaban J connectivity index is 1.81. The number of hydrogen-bond acceptors (Lipinski definition) is 3. The summed E-state index contributed by atoms with van der Waals surface area (Å²) in [7, 11) is 0. The van der Waals surface area contributed by atoms with Crippen molar-refractivity contribution in [3.8, 4) is 0 Å². The highest BCUT2D eigenvalue weighted by Crippen LogP contribution is 2.41. The molecular formula is C21H24N2OS2. The van der Waals surface area contributed by atoms with Crippen LogP contribution in [0.1, 0.15) is 43.2 Å². The van der Waals surface area contributed by atoms with Crippen LogP contribution < -0.4 is 5.56 Å². The van der Waals surface area contributed by atoms with E-state index in [4.69, 9.17) is 12.2 Å². The number of hydrogen-bond donors (Lipinski definition) is 1. The fourth-order valence-electron chi connectivity index (χ4n) is 3.94. The van der Waals surface area contributed by atoms with Crippen molar-refractivity contribution in [1.29, 1.82) is 0 Å². The molecule has 4 rings (SSSR count). The van der Waals surface area contributed by atoms with E-state index in [1.54, 1.807) is 15.9 Å². The monoisotopic (exact) mass is 384 g/mol. The van der Waals surface area contributed by atoms with Crippen LogP contribution in [0.4, 0.5) is 0 Å². The Kier molecular flexibility index (Phi) is 4.40. The third-order valence-electron chi connectivity index (χ3n) is 5.60. The largest absolute Gasteiger partial charge is 0.323 e. The van der Waals surface area contributed by atoms with Crippen molar-refractivity contribution in [2.75, 3.05) is 0 Å². The Hall–Kier alpha value is -1.72. The van der Waals surface area contributed by atoms with E-state index in [1.165, 1.54) is 10.4 Å². The van der Waals surface area contributed by atoms with Gasteiger partial charge in [-0.05, 0) is 53.9 Å². The third-order valence-corrected chi connectivity index (χ3v) is 7.09. The van der Waals surface area contributed by atoms with Crippen LogP contribution in [0.5, 0.6) is 0 Å².